The minimum absolute atomic E-state index is 0.161. The smallest absolute Gasteiger partial charge is 0.253 e. The summed E-state index contributed by atoms with van der Waals surface area (Å²) in [7, 11) is 3.28. The van der Waals surface area contributed by atoms with Crippen LogP contribution in [0, 0.1) is 24.2 Å². The number of aliphatic hydroxyl groups is 1. The highest BCUT2D eigenvalue weighted by Gasteiger charge is 2.30. The highest BCUT2D eigenvalue weighted by Crippen LogP contribution is 2.25. The molecular weight excluding hydrogens is 324 g/mol. The van der Waals surface area contributed by atoms with Gasteiger partial charge in [0.25, 0.3) is 5.91 Å². The van der Waals surface area contributed by atoms with Crippen molar-refractivity contribution in [3.05, 3.63) is 47.3 Å². The third kappa shape index (κ3) is 4.02. The van der Waals surface area contributed by atoms with Crippen molar-refractivity contribution in [2.75, 3.05) is 19.4 Å². The molecule has 2 aromatic rings. The topological polar surface area (TPSA) is 119 Å². The first-order valence-electron chi connectivity index (χ1n) is 7.46. The molecule has 1 heterocycles. The van der Waals surface area contributed by atoms with E-state index >= 15 is 0 Å². The van der Waals surface area contributed by atoms with Gasteiger partial charge >= 0.3 is 0 Å². The van der Waals surface area contributed by atoms with E-state index in [9.17, 15) is 20.0 Å². The molecule has 2 N–H and O–H groups in total. The van der Waals surface area contributed by atoms with E-state index in [-0.39, 0.29) is 11.5 Å². The summed E-state index contributed by atoms with van der Waals surface area (Å²) >= 11 is 0. The van der Waals surface area contributed by atoms with Crippen molar-refractivity contribution < 1.29 is 19.2 Å². The van der Waals surface area contributed by atoms with Gasteiger partial charge in [-0.3, -0.25) is 9.59 Å². The van der Waals surface area contributed by atoms with Crippen LogP contribution in [0.5, 0.6) is 0 Å². The van der Waals surface area contributed by atoms with Gasteiger partial charge in [-0.2, -0.15) is 5.26 Å². The fourth-order valence-corrected chi connectivity index (χ4v) is 2.22. The molecule has 0 aliphatic heterocycles. The molecule has 0 saturated carbocycles. The zero-order valence-corrected chi connectivity index (χ0v) is 14.1. The molecule has 0 fully saturated rings. The highest BCUT2D eigenvalue weighted by molar-refractivity contribution is 5.97. The number of anilines is 1. The molecule has 2 atom stereocenters. The van der Waals surface area contributed by atoms with E-state index in [0.29, 0.717) is 17.0 Å². The molecule has 0 aliphatic carbocycles. The Morgan fingerprint density at radius 2 is 1.96 bits per heavy atom. The fourth-order valence-electron chi connectivity index (χ4n) is 2.22. The summed E-state index contributed by atoms with van der Waals surface area (Å²) in [5, 5.41) is 25.6. The number of aliphatic hydroxyl groups excluding tert-OH is 1. The molecule has 0 radical (unpaired) electrons. The van der Waals surface area contributed by atoms with Crippen molar-refractivity contribution in [1.82, 2.24) is 10.1 Å². The molecule has 0 saturated heterocycles. The van der Waals surface area contributed by atoms with Crippen LogP contribution in [-0.4, -0.2) is 41.1 Å². The minimum Gasteiger partial charge on any atom is -0.386 e. The Bertz CT molecular complexity index is 805. The van der Waals surface area contributed by atoms with E-state index in [1.54, 1.807) is 51.4 Å². The second-order valence-corrected chi connectivity index (χ2v) is 5.66. The number of nitriles is 1. The van der Waals surface area contributed by atoms with Crippen molar-refractivity contribution in [3.8, 4) is 6.07 Å². The average Bonchev–Trinajstić information content (AvgIpc) is 3.01. The minimum atomic E-state index is -1.36. The summed E-state index contributed by atoms with van der Waals surface area (Å²) < 4.78 is 4.85. The third-order valence-corrected chi connectivity index (χ3v) is 3.65. The van der Waals surface area contributed by atoms with Crippen LogP contribution in [0.1, 0.15) is 27.8 Å². The van der Waals surface area contributed by atoms with Gasteiger partial charge in [-0.05, 0) is 31.2 Å². The highest BCUT2D eigenvalue weighted by atomic mass is 16.5. The lowest BCUT2D eigenvalue weighted by molar-refractivity contribution is -0.121. The van der Waals surface area contributed by atoms with Crippen LogP contribution in [0.4, 0.5) is 5.69 Å². The van der Waals surface area contributed by atoms with Crippen LogP contribution in [0.25, 0.3) is 0 Å². The quantitative estimate of drug-likeness (QED) is 0.849. The number of nitrogens with zero attached hydrogens (tertiary/aromatic N) is 3. The summed E-state index contributed by atoms with van der Waals surface area (Å²) in [5.41, 5.74) is 1.17. The molecule has 8 heteroatoms. The van der Waals surface area contributed by atoms with E-state index in [1.807, 2.05) is 0 Å². The van der Waals surface area contributed by atoms with Crippen LogP contribution in [0.3, 0.4) is 0 Å². The predicted octanol–water partition coefficient (Wildman–Crippen LogP) is 1.50. The van der Waals surface area contributed by atoms with Crippen molar-refractivity contribution in [2.45, 2.75) is 13.0 Å². The molecule has 0 aliphatic rings. The third-order valence-electron chi connectivity index (χ3n) is 3.65. The summed E-state index contributed by atoms with van der Waals surface area (Å²) in [4.78, 5) is 25.6. The normalized spacial score (nSPS) is 12.8. The second-order valence-electron chi connectivity index (χ2n) is 5.66. The van der Waals surface area contributed by atoms with Gasteiger partial charge in [0.15, 0.2) is 5.92 Å². The van der Waals surface area contributed by atoms with E-state index in [1.165, 1.54) is 11.1 Å². The lowest BCUT2D eigenvalue weighted by Crippen LogP contribution is -2.27. The number of aromatic nitrogens is 1. The van der Waals surface area contributed by atoms with E-state index in [2.05, 4.69) is 10.5 Å². The van der Waals surface area contributed by atoms with Gasteiger partial charge in [-0.1, -0.05) is 5.16 Å². The zero-order valence-electron chi connectivity index (χ0n) is 14.1. The zero-order chi connectivity index (χ0) is 18.6. The predicted molar refractivity (Wildman–Crippen MR) is 88.4 cm³/mol. The largest absolute Gasteiger partial charge is 0.386 e. The lowest BCUT2D eigenvalue weighted by Gasteiger charge is -2.16. The Morgan fingerprint density at radius 1 is 1.32 bits per heavy atom. The molecule has 8 nitrogen and oxygen atoms in total. The monoisotopic (exact) mass is 342 g/mol. The summed E-state index contributed by atoms with van der Waals surface area (Å²) in [6, 6.07) is 8.04. The maximum atomic E-state index is 12.3. The molecule has 0 spiro atoms. The standard InChI is InChI=1S/C17H18N4O4/c1-10-14(9-19-25-10)15(22)13(8-18)16(23)20-12-6-4-11(5-7-12)17(24)21(2)3/h4-7,9,13,15,22H,1-3H3,(H,20,23). The maximum Gasteiger partial charge on any atom is 0.253 e. The van der Waals surface area contributed by atoms with Crippen molar-refractivity contribution >= 4 is 17.5 Å². The maximum absolute atomic E-state index is 12.3. The number of carbonyl (C=O) groups excluding carboxylic acids is 2. The Hall–Kier alpha value is -3.18. The van der Waals surface area contributed by atoms with Gasteiger partial charge in [0.1, 0.15) is 11.9 Å². The van der Waals surface area contributed by atoms with Gasteiger partial charge in [0, 0.05) is 30.9 Å². The summed E-state index contributed by atoms with van der Waals surface area (Å²) in [6.45, 7) is 1.58. The number of benzene rings is 1. The molecule has 2 amide bonds. The molecule has 2 unspecified atom stereocenters. The number of hydrogen-bond donors (Lipinski definition) is 2. The lowest BCUT2D eigenvalue weighted by atomic mass is 9.97. The Balaban J connectivity index is 2.11. The van der Waals surface area contributed by atoms with E-state index in [4.69, 9.17) is 4.52 Å². The van der Waals surface area contributed by atoms with Gasteiger partial charge in [0.05, 0.1) is 12.3 Å². The molecule has 25 heavy (non-hydrogen) atoms. The van der Waals surface area contributed by atoms with Crippen molar-refractivity contribution in [3.63, 3.8) is 0 Å². The molecule has 1 aromatic heterocycles. The van der Waals surface area contributed by atoms with Gasteiger partial charge in [-0.15, -0.1) is 0 Å². The number of nitrogens with one attached hydrogen (secondary N) is 1. The SMILES string of the molecule is Cc1oncc1C(O)C(C#N)C(=O)Nc1ccc(C(=O)N(C)C)cc1. The molecule has 0 bridgehead atoms. The first-order chi connectivity index (χ1) is 11.8. The first kappa shape index (κ1) is 18.2. The molecule has 1 aromatic carbocycles. The summed E-state index contributed by atoms with van der Waals surface area (Å²) in [5.74, 6) is -1.82. The van der Waals surface area contributed by atoms with Crippen LogP contribution in [0.2, 0.25) is 0 Å². The van der Waals surface area contributed by atoms with E-state index in [0.717, 1.165) is 0 Å². The number of rotatable bonds is 5. The van der Waals surface area contributed by atoms with Crippen LogP contribution >= 0.6 is 0 Å². The summed E-state index contributed by atoms with van der Waals surface area (Å²) in [6.07, 6.45) is -0.0786. The fraction of sp³-hybridized carbons (Fsp3) is 0.294. The second kappa shape index (κ2) is 7.59. The Labute approximate surface area is 144 Å². The number of aryl methyl sites for hydroxylation is 1. The van der Waals surface area contributed by atoms with Crippen molar-refractivity contribution in [2.24, 2.45) is 5.92 Å². The van der Waals surface area contributed by atoms with Crippen LogP contribution in [0.15, 0.2) is 35.0 Å². The Morgan fingerprint density at radius 3 is 2.44 bits per heavy atom. The molecule has 2 rings (SSSR count). The average molecular weight is 342 g/mol. The number of amides is 2. The van der Waals surface area contributed by atoms with Crippen LogP contribution in [-0.2, 0) is 4.79 Å². The van der Waals surface area contributed by atoms with Gasteiger partial charge < -0.3 is 19.8 Å². The molecular formula is C17H18N4O4. The van der Waals surface area contributed by atoms with E-state index < -0.39 is 17.9 Å². The molecule has 130 valence electrons. The van der Waals surface area contributed by atoms with Crippen LogP contribution < -0.4 is 5.32 Å². The number of hydrogen-bond acceptors (Lipinski definition) is 6. The van der Waals surface area contributed by atoms with Gasteiger partial charge in [-0.25, -0.2) is 0 Å². The number of carbonyl (C=O) groups is 2. The first-order valence-corrected chi connectivity index (χ1v) is 7.46. The van der Waals surface area contributed by atoms with Gasteiger partial charge in [0.2, 0.25) is 5.91 Å². The van der Waals surface area contributed by atoms with Crippen molar-refractivity contribution in [1.29, 1.82) is 5.26 Å². The Kier molecular flexibility index (Phi) is 5.52.